The van der Waals surface area contributed by atoms with Crippen molar-refractivity contribution in [2.75, 3.05) is 7.05 Å². The average molecular weight is 241 g/mol. The predicted molar refractivity (Wildman–Crippen MR) is 62.7 cm³/mol. The maximum Gasteiger partial charge on any atom is 0.216 e. The van der Waals surface area contributed by atoms with Gasteiger partial charge in [0.25, 0.3) is 0 Å². The molecule has 1 saturated heterocycles. The van der Waals surface area contributed by atoms with Crippen LogP contribution in [0, 0.1) is 0 Å². The Bertz CT molecular complexity index is 379. The fraction of sp³-hybridized carbons (Fsp3) is 0.455. The van der Waals surface area contributed by atoms with Crippen molar-refractivity contribution in [3.8, 4) is 0 Å². The van der Waals surface area contributed by atoms with Crippen LogP contribution >= 0.6 is 0 Å². The Kier molecular flexibility index (Phi) is 4.39. The molecule has 1 aliphatic heterocycles. The quantitative estimate of drug-likeness (QED) is 0.344. The Labute approximate surface area is 99.4 Å². The lowest BCUT2D eigenvalue weighted by atomic mass is 10.2. The Hall–Kier alpha value is -1.69. The van der Waals surface area contributed by atoms with Crippen molar-refractivity contribution in [1.29, 1.82) is 0 Å². The molecular weight excluding hydrogens is 225 g/mol. The molecule has 1 aliphatic rings. The fourth-order valence-electron chi connectivity index (χ4n) is 1.57. The SMILES string of the molecule is C=C1CC(C)OC1N(C=O)C=C(F)C(N)=NC. The number of nitrogens with two attached hydrogens (primary N) is 1. The van der Waals surface area contributed by atoms with E-state index in [4.69, 9.17) is 10.5 Å². The van der Waals surface area contributed by atoms with E-state index in [2.05, 4.69) is 11.6 Å². The van der Waals surface area contributed by atoms with E-state index in [0.717, 1.165) is 16.7 Å². The highest BCUT2D eigenvalue weighted by molar-refractivity contribution is 5.94. The highest BCUT2D eigenvalue weighted by atomic mass is 19.1. The first-order valence-electron chi connectivity index (χ1n) is 5.15. The van der Waals surface area contributed by atoms with Gasteiger partial charge in [-0.3, -0.25) is 14.7 Å². The largest absolute Gasteiger partial charge is 0.382 e. The maximum absolute atomic E-state index is 13.4. The minimum absolute atomic E-state index is 0.0383. The second-order valence-corrected chi connectivity index (χ2v) is 3.80. The highest BCUT2D eigenvalue weighted by Crippen LogP contribution is 2.26. The summed E-state index contributed by atoms with van der Waals surface area (Å²) < 4.78 is 18.9. The summed E-state index contributed by atoms with van der Waals surface area (Å²) in [6.07, 6.45) is 1.39. The van der Waals surface area contributed by atoms with E-state index >= 15 is 0 Å². The number of nitrogens with zero attached hydrogens (tertiary/aromatic N) is 2. The van der Waals surface area contributed by atoms with Crippen LogP contribution in [0.4, 0.5) is 4.39 Å². The van der Waals surface area contributed by atoms with Gasteiger partial charge in [0, 0.05) is 13.2 Å². The van der Waals surface area contributed by atoms with E-state index in [1.807, 2.05) is 6.92 Å². The molecule has 0 radical (unpaired) electrons. The second-order valence-electron chi connectivity index (χ2n) is 3.80. The molecule has 0 saturated carbocycles. The molecule has 0 aromatic heterocycles. The fourth-order valence-corrected chi connectivity index (χ4v) is 1.57. The average Bonchev–Trinajstić information content (AvgIpc) is 2.63. The third kappa shape index (κ3) is 3.13. The maximum atomic E-state index is 13.4. The van der Waals surface area contributed by atoms with Crippen LogP contribution < -0.4 is 5.73 Å². The summed E-state index contributed by atoms with van der Waals surface area (Å²) in [5.41, 5.74) is 6.00. The van der Waals surface area contributed by atoms with Crippen molar-refractivity contribution in [3.05, 3.63) is 24.2 Å². The van der Waals surface area contributed by atoms with Gasteiger partial charge in [-0.1, -0.05) is 6.58 Å². The number of hydrogen-bond acceptors (Lipinski definition) is 3. The standard InChI is InChI=1S/C11H16FN3O2/c1-7-4-8(2)17-11(7)15(6-16)5-9(12)10(13)14-3/h5-6,8,11H,1,4H2,2-3H3,(H2,13,14). The molecule has 0 bridgehead atoms. The summed E-state index contributed by atoms with van der Waals surface area (Å²) in [4.78, 5) is 15.4. The Balaban J connectivity index is 2.86. The molecule has 1 rings (SSSR count). The third-order valence-corrected chi connectivity index (χ3v) is 2.40. The highest BCUT2D eigenvalue weighted by Gasteiger charge is 2.30. The minimum Gasteiger partial charge on any atom is -0.382 e. The van der Waals surface area contributed by atoms with Crippen LogP contribution in [0.3, 0.4) is 0 Å². The number of carbonyl (C=O) groups is 1. The third-order valence-electron chi connectivity index (χ3n) is 2.40. The lowest BCUT2D eigenvalue weighted by molar-refractivity contribution is -0.124. The Morgan fingerprint density at radius 2 is 2.41 bits per heavy atom. The van der Waals surface area contributed by atoms with E-state index in [0.29, 0.717) is 12.8 Å². The van der Waals surface area contributed by atoms with Crippen LogP contribution in [0.5, 0.6) is 0 Å². The number of rotatable bonds is 4. The zero-order valence-corrected chi connectivity index (χ0v) is 9.89. The van der Waals surface area contributed by atoms with E-state index in [9.17, 15) is 9.18 Å². The van der Waals surface area contributed by atoms with Crippen molar-refractivity contribution >= 4 is 12.2 Å². The van der Waals surface area contributed by atoms with Crippen molar-refractivity contribution in [1.82, 2.24) is 4.90 Å². The van der Waals surface area contributed by atoms with Crippen LogP contribution in [0.2, 0.25) is 0 Å². The molecule has 1 heterocycles. The van der Waals surface area contributed by atoms with Gasteiger partial charge >= 0.3 is 0 Å². The van der Waals surface area contributed by atoms with Crippen molar-refractivity contribution in [3.63, 3.8) is 0 Å². The lowest BCUT2D eigenvalue weighted by Crippen LogP contribution is -2.31. The first-order valence-corrected chi connectivity index (χ1v) is 5.15. The minimum atomic E-state index is -0.782. The topological polar surface area (TPSA) is 67.9 Å². The molecule has 6 heteroatoms. The van der Waals surface area contributed by atoms with Crippen LogP contribution in [-0.4, -0.2) is 36.5 Å². The second kappa shape index (κ2) is 5.58. The van der Waals surface area contributed by atoms with Crippen LogP contribution in [0.1, 0.15) is 13.3 Å². The number of halogens is 1. The molecule has 0 spiro atoms. The molecule has 2 unspecified atom stereocenters. The monoisotopic (exact) mass is 241 g/mol. The number of aliphatic imine (C=N–C) groups is 1. The molecule has 17 heavy (non-hydrogen) atoms. The van der Waals surface area contributed by atoms with Gasteiger partial charge in [-0.05, 0) is 18.9 Å². The predicted octanol–water partition coefficient (Wildman–Crippen LogP) is 0.934. The molecule has 1 amide bonds. The first kappa shape index (κ1) is 13.4. The van der Waals surface area contributed by atoms with Gasteiger partial charge < -0.3 is 10.5 Å². The summed E-state index contributed by atoms with van der Waals surface area (Å²) in [5, 5.41) is 0. The van der Waals surface area contributed by atoms with Gasteiger partial charge in [0.05, 0.1) is 6.10 Å². The number of hydrogen-bond donors (Lipinski definition) is 1. The van der Waals surface area contributed by atoms with Crippen molar-refractivity contribution in [2.24, 2.45) is 10.7 Å². The molecular formula is C11H16FN3O2. The zero-order chi connectivity index (χ0) is 13.0. The molecule has 5 nitrogen and oxygen atoms in total. The van der Waals surface area contributed by atoms with Gasteiger partial charge in [0.15, 0.2) is 17.9 Å². The number of amides is 1. The molecule has 1 fully saturated rings. The molecule has 0 aromatic rings. The van der Waals surface area contributed by atoms with E-state index in [-0.39, 0.29) is 11.9 Å². The van der Waals surface area contributed by atoms with E-state index in [1.54, 1.807) is 0 Å². The van der Waals surface area contributed by atoms with Crippen molar-refractivity contribution in [2.45, 2.75) is 25.7 Å². The summed E-state index contributed by atoms with van der Waals surface area (Å²) in [6.45, 7) is 5.65. The summed E-state index contributed by atoms with van der Waals surface area (Å²) in [6, 6.07) is 0. The van der Waals surface area contributed by atoms with Crippen LogP contribution in [0.25, 0.3) is 0 Å². The Morgan fingerprint density at radius 1 is 1.76 bits per heavy atom. The molecule has 94 valence electrons. The molecule has 2 atom stereocenters. The normalized spacial score (nSPS) is 26.2. The number of carbonyl (C=O) groups excluding carboxylic acids is 1. The number of amidine groups is 1. The summed E-state index contributed by atoms with van der Waals surface area (Å²) >= 11 is 0. The number of ether oxygens (including phenoxy) is 1. The molecule has 0 aliphatic carbocycles. The molecule has 0 aromatic carbocycles. The first-order chi connectivity index (χ1) is 7.99. The van der Waals surface area contributed by atoms with Gasteiger partial charge in [0.2, 0.25) is 6.41 Å². The lowest BCUT2D eigenvalue weighted by Gasteiger charge is -2.21. The van der Waals surface area contributed by atoms with Gasteiger partial charge in [-0.2, -0.15) is 0 Å². The van der Waals surface area contributed by atoms with E-state index in [1.165, 1.54) is 7.05 Å². The van der Waals surface area contributed by atoms with Gasteiger partial charge in [0.1, 0.15) is 0 Å². The van der Waals surface area contributed by atoms with Crippen LogP contribution in [0.15, 0.2) is 29.2 Å². The van der Waals surface area contributed by atoms with Gasteiger partial charge in [-0.25, -0.2) is 4.39 Å². The summed E-state index contributed by atoms with van der Waals surface area (Å²) in [7, 11) is 1.36. The summed E-state index contributed by atoms with van der Waals surface area (Å²) in [5.74, 6) is -1.05. The van der Waals surface area contributed by atoms with Gasteiger partial charge in [-0.15, -0.1) is 0 Å². The Morgan fingerprint density at radius 3 is 2.82 bits per heavy atom. The smallest absolute Gasteiger partial charge is 0.216 e. The zero-order valence-electron chi connectivity index (χ0n) is 9.89. The molecule has 2 N–H and O–H groups in total. The van der Waals surface area contributed by atoms with Crippen LogP contribution in [-0.2, 0) is 9.53 Å². The van der Waals surface area contributed by atoms with E-state index < -0.39 is 12.1 Å². The van der Waals surface area contributed by atoms with Crippen molar-refractivity contribution < 1.29 is 13.9 Å².